The Morgan fingerprint density at radius 2 is 1.70 bits per heavy atom. The molecule has 2 rings (SSSR count). The molecule has 0 aliphatic carbocycles. The van der Waals surface area contributed by atoms with Crippen LogP contribution in [0.1, 0.15) is 21.5 Å². The second-order valence-corrected chi connectivity index (χ2v) is 6.72. The van der Waals surface area contributed by atoms with Crippen LogP contribution in [0.2, 0.25) is 0 Å². The van der Waals surface area contributed by atoms with Crippen molar-refractivity contribution < 1.29 is 28.6 Å². The molecule has 0 radical (unpaired) electrons. The van der Waals surface area contributed by atoms with Crippen LogP contribution in [0.5, 0.6) is 11.5 Å². The summed E-state index contributed by atoms with van der Waals surface area (Å²) in [4.78, 5) is 36.1. The van der Waals surface area contributed by atoms with Crippen LogP contribution in [-0.4, -0.2) is 44.5 Å². The summed E-state index contributed by atoms with van der Waals surface area (Å²) in [5.41, 5.74) is 0. The first-order valence-corrected chi connectivity index (χ1v) is 9.08. The predicted molar refractivity (Wildman–Crippen MR) is 100 cm³/mol. The number of hydrogen-bond acceptors (Lipinski definition) is 7. The average molecular weight is 391 g/mol. The summed E-state index contributed by atoms with van der Waals surface area (Å²) in [5.74, 6) is 0.195. The van der Waals surface area contributed by atoms with E-state index in [2.05, 4.69) is 5.32 Å². The number of benzene rings is 1. The van der Waals surface area contributed by atoms with Gasteiger partial charge in [-0.3, -0.25) is 9.59 Å². The molecule has 0 bridgehead atoms. The highest BCUT2D eigenvalue weighted by Crippen LogP contribution is 2.18. The van der Waals surface area contributed by atoms with E-state index >= 15 is 0 Å². The van der Waals surface area contributed by atoms with E-state index in [1.807, 2.05) is 6.07 Å². The molecule has 1 N–H and O–H groups in total. The highest BCUT2D eigenvalue weighted by atomic mass is 32.1. The van der Waals surface area contributed by atoms with Crippen molar-refractivity contribution in [3.05, 3.63) is 46.2 Å². The second-order valence-electron chi connectivity index (χ2n) is 5.55. The minimum atomic E-state index is -0.624. The Kier molecular flexibility index (Phi) is 7.81. The third-order valence-corrected chi connectivity index (χ3v) is 4.65. The number of carbonyl (C=O) groups excluding carboxylic acids is 3. The quantitative estimate of drug-likeness (QED) is 0.493. The van der Waals surface area contributed by atoms with Crippen LogP contribution in [0, 0.1) is 0 Å². The highest BCUT2D eigenvalue weighted by molar-refractivity contribution is 7.14. The number of hydrogen-bond donors (Lipinski definition) is 1. The zero-order chi connectivity index (χ0) is 19.6. The highest BCUT2D eigenvalue weighted by Gasteiger charge is 2.13. The van der Waals surface area contributed by atoms with Gasteiger partial charge in [0.25, 0.3) is 0 Å². The number of methoxy groups -OCH3 is 1. The number of esters is 1. The molecule has 0 aliphatic rings. The molecule has 0 fully saturated rings. The Hall–Kier alpha value is -2.87. The number of ketones is 1. The molecule has 1 amide bonds. The smallest absolute Gasteiger partial charge is 0.344 e. The summed E-state index contributed by atoms with van der Waals surface area (Å²) in [6.07, 6.45) is 0.646. The Labute approximate surface area is 161 Å². The van der Waals surface area contributed by atoms with Crippen molar-refractivity contribution in [2.45, 2.75) is 13.3 Å². The summed E-state index contributed by atoms with van der Waals surface area (Å²) < 4.78 is 15.3. The van der Waals surface area contributed by atoms with Crippen LogP contribution in [0.25, 0.3) is 0 Å². The van der Waals surface area contributed by atoms with Crippen molar-refractivity contribution >= 4 is 29.0 Å². The lowest BCUT2D eigenvalue weighted by Gasteiger charge is -2.07. The minimum absolute atomic E-state index is 0.0911. The summed E-state index contributed by atoms with van der Waals surface area (Å²) >= 11 is 1.32. The summed E-state index contributed by atoms with van der Waals surface area (Å²) in [5, 5.41) is 2.70. The maximum atomic E-state index is 12.1. The summed E-state index contributed by atoms with van der Waals surface area (Å²) in [6.45, 7) is 1.35. The van der Waals surface area contributed by atoms with Gasteiger partial charge in [0.2, 0.25) is 11.7 Å². The molecule has 0 atom stereocenters. The molecule has 0 unspecified atom stereocenters. The normalized spacial score (nSPS) is 10.1. The predicted octanol–water partition coefficient (Wildman–Crippen LogP) is 2.24. The van der Waals surface area contributed by atoms with Gasteiger partial charge in [0.15, 0.2) is 13.2 Å². The van der Waals surface area contributed by atoms with E-state index < -0.39 is 5.97 Å². The van der Waals surface area contributed by atoms with Gasteiger partial charge in [-0.15, -0.1) is 11.3 Å². The summed E-state index contributed by atoms with van der Waals surface area (Å²) in [7, 11) is 1.56. The van der Waals surface area contributed by atoms with E-state index in [0.717, 1.165) is 4.88 Å². The van der Waals surface area contributed by atoms with E-state index in [9.17, 15) is 14.4 Å². The number of thiophene rings is 1. The van der Waals surface area contributed by atoms with Crippen molar-refractivity contribution in [3.8, 4) is 11.5 Å². The lowest BCUT2D eigenvalue weighted by atomic mass is 10.3. The molecule has 0 saturated carbocycles. The Bertz CT molecular complexity index is 784. The molecular formula is C19H21NO6S. The fourth-order valence-corrected chi connectivity index (χ4v) is 3.03. The van der Waals surface area contributed by atoms with Crippen LogP contribution in [0.4, 0.5) is 0 Å². The molecule has 0 spiro atoms. The largest absolute Gasteiger partial charge is 0.497 e. The molecule has 2 aromatic rings. The SMILES string of the molecule is COc1ccc(OCC(=O)OCC(=O)c2ccc(CCNC(C)=O)s2)cc1. The topological polar surface area (TPSA) is 90.9 Å². The van der Waals surface area contributed by atoms with E-state index in [1.165, 1.54) is 18.3 Å². The number of rotatable bonds is 10. The fourth-order valence-electron chi connectivity index (χ4n) is 2.10. The standard InChI is InChI=1S/C19H21NO6S/c1-13(21)20-10-9-16-7-8-18(27-16)17(22)11-26-19(23)12-25-15-5-3-14(24-2)4-6-15/h3-8H,9-12H2,1-2H3,(H,20,21). The zero-order valence-corrected chi connectivity index (χ0v) is 16.0. The third kappa shape index (κ3) is 7.10. The third-order valence-electron chi connectivity index (χ3n) is 3.46. The molecule has 0 aliphatic heterocycles. The monoisotopic (exact) mass is 391 g/mol. The number of Topliss-reactive ketones (excluding diaryl/α,β-unsaturated/α-hetero) is 1. The minimum Gasteiger partial charge on any atom is -0.497 e. The molecular weight excluding hydrogens is 370 g/mol. The fraction of sp³-hybridized carbons (Fsp3) is 0.316. The zero-order valence-electron chi connectivity index (χ0n) is 15.2. The van der Waals surface area contributed by atoms with E-state index in [1.54, 1.807) is 37.4 Å². The molecule has 144 valence electrons. The first-order valence-electron chi connectivity index (χ1n) is 8.26. The number of amides is 1. The van der Waals surface area contributed by atoms with Gasteiger partial charge < -0.3 is 19.5 Å². The maximum Gasteiger partial charge on any atom is 0.344 e. The first kappa shape index (κ1) is 20.4. The van der Waals surface area contributed by atoms with Gasteiger partial charge in [-0.05, 0) is 42.8 Å². The van der Waals surface area contributed by atoms with E-state index in [4.69, 9.17) is 14.2 Å². The van der Waals surface area contributed by atoms with Crippen molar-refractivity contribution in [2.75, 3.05) is 26.9 Å². The van der Waals surface area contributed by atoms with E-state index in [0.29, 0.717) is 29.3 Å². The van der Waals surface area contributed by atoms with Crippen LogP contribution < -0.4 is 14.8 Å². The van der Waals surface area contributed by atoms with Crippen LogP contribution >= 0.6 is 11.3 Å². The molecule has 7 nitrogen and oxygen atoms in total. The lowest BCUT2D eigenvalue weighted by molar-refractivity contribution is -0.144. The molecule has 1 aromatic carbocycles. The van der Waals surface area contributed by atoms with E-state index in [-0.39, 0.29) is 24.9 Å². The molecule has 1 heterocycles. The van der Waals surface area contributed by atoms with Gasteiger partial charge >= 0.3 is 5.97 Å². The summed E-state index contributed by atoms with van der Waals surface area (Å²) in [6, 6.07) is 10.3. The van der Waals surface area contributed by atoms with Crippen LogP contribution in [0.15, 0.2) is 36.4 Å². The molecule has 0 saturated heterocycles. The average Bonchev–Trinajstić information content (AvgIpc) is 3.13. The number of ether oxygens (including phenoxy) is 3. The first-order chi connectivity index (χ1) is 13.0. The Morgan fingerprint density at radius 3 is 2.37 bits per heavy atom. The molecule has 27 heavy (non-hydrogen) atoms. The Balaban J connectivity index is 1.71. The lowest BCUT2D eigenvalue weighted by Crippen LogP contribution is -2.22. The van der Waals surface area contributed by atoms with Crippen molar-refractivity contribution in [1.82, 2.24) is 5.32 Å². The number of carbonyl (C=O) groups is 3. The van der Waals surface area contributed by atoms with Crippen molar-refractivity contribution in [2.24, 2.45) is 0 Å². The van der Waals surface area contributed by atoms with Gasteiger partial charge in [0.1, 0.15) is 11.5 Å². The molecule has 1 aromatic heterocycles. The van der Waals surface area contributed by atoms with Crippen molar-refractivity contribution in [1.29, 1.82) is 0 Å². The second kappa shape index (κ2) is 10.3. The van der Waals surface area contributed by atoms with Gasteiger partial charge in [0.05, 0.1) is 12.0 Å². The van der Waals surface area contributed by atoms with Crippen LogP contribution in [0.3, 0.4) is 0 Å². The number of nitrogens with one attached hydrogen (secondary N) is 1. The molecule has 8 heteroatoms. The van der Waals surface area contributed by atoms with Gasteiger partial charge in [-0.25, -0.2) is 4.79 Å². The van der Waals surface area contributed by atoms with Crippen molar-refractivity contribution in [3.63, 3.8) is 0 Å². The maximum absolute atomic E-state index is 12.1. The van der Waals surface area contributed by atoms with Gasteiger partial charge in [0, 0.05) is 18.3 Å². The Morgan fingerprint density at radius 1 is 1.00 bits per heavy atom. The van der Waals surface area contributed by atoms with Gasteiger partial charge in [-0.2, -0.15) is 0 Å². The van der Waals surface area contributed by atoms with Crippen LogP contribution in [-0.2, 0) is 20.7 Å². The van der Waals surface area contributed by atoms with Gasteiger partial charge in [-0.1, -0.05) is 0 Å².